The van der Waals surface area contributed by atoms with Gasteiger partial charge in [0.05, 0.1) is 17.2 Å². The Kier molecular flexibility index (Phi) is 4.71. The minimum Gasteiger partial charge on any atom is -0.347 e. The number of aryl methyl sites for hydroxylation is 1. The zero-order valence-electron chi connectivity index (χ0n) is 10.4. The summed E-state index contributed by atoms with van der Waals surface area (Å²) in [6, 6.07) is 7.33. The molecule has 1 aromatic heterocycles. The molecule has 0 bridgehead atoms. The van der Waals surface area contributed by atoms with E-state index >= 15 is 0 Å². The molecule has 98 valence electrons. The maximum absolute atomic E-state index is 11.6. The molecule has 0 aliphatic heterocycles. The third kappa shape index (κ3) is 4.50. The van der Waals surface area contributed by atoms with Gasteiger partial charge in [0, 0.05) is 16.5 Å². The van der Waals surface area contributed by atoms with Crippen LogP contribution in [0.2, 0.25) is 5.02 Å². The quantitative estimate of drug-likeness (QED) is 0.877. The van der Waals surface area contributed by atoms with Gasteiger partial charge in [0.25, 0.3) is 0 Å². The Hall–Kier alpha value is -1.65. The number of rotatable bonds is 4. The Morgan fingerprint density at radius 3 is 3.05 bits per heavy atom. The molecule has 1 aromatic carbocycles. The highest BCUT2D eigenvalue weighted by atomic mass is 35.5. The van der Waals surface area contributed by atoms with E-state index in [2.05, 4.69) is 10.3 Å². The molecule has 0 fully saturated rings. The zero-order chi connectivity index (χ0) is 13.7. The van der Waals surface area contributed by atoms with Crippen molar-refractivity contribution in [2.24, 2.45) is 0 Å². The lowest BCUT2D eigenvalue weighted by molar-refractivity contribution is -0.116. The predicted molar refractivity (Wildman–Crippen MR) is 79.2 cm³/mol. The van der Waals surface area contributed by atoms with E-state index in [4.69, 9.17) is 11.6 Å². The highest BCUT2D eigenvalue weighted by Gasteiger charge is 2.00. The van der Waals surface area contributed by atoms with Gasteiger partial charge in [-0.15, -0.1) is 11.3 Å². The monoisotopic (exact) mass is 292 g/mol. The summed E-state index contributed by atoms with van der Waals surface area (Å²) in [7, 11) is 0. The van der Waals surface area contributed by atoms with E-state index in [1.807, 2.05) is 24.4 Å². The van der Waals surface area contributed by atoms with Crippen molar-refractivity contribution in [3.63, 3.8) is 0 Å². The van der Waals surface area contributed by atoms with Gasteiger partial charge in [-0.25, -0.2) is 4.98 Å². The molecular weight excluding hydrogens is 280 g/mol. The molecule has 3 nitrogen and oxygen atoms in total. The van der Waals surface area contributed by atoms with Crippen molar-refractivity contribution >= 4 is 34.9 Å². The van der Waals surface area contributed by atoms with Crippen LogP contribution in [0, 0.1) is 6.92 Å². The average molecular weight is 293 g/mol. The van der Waals surface area contributed by atoms with E-state index in [0.717, 1.165) is 16.3 Å². The number of halogens is 1. The summed E-state index contributed by atoms with van der Waals surface area (Å²) in [5, 5.41) is 6.38. The van der Waals surface area contributed by atoms with Gasteiger partial charge in [-0.1, -0.05) is 23.7 Å². The smallest absolute Gasteiger partial charge is 0.244 e. The van der Waals surface area contributed by atoms with E-state index in [-0.39, 0.29) is 5.91 Å². The first-order valence-electron chi connectivity index (χ1n) is 5.76. The predicted octanol–water partition coefficient (Wildman–Crippen LogP) is 3.43. The third-order valence-electron chi connectivity index (χ3n) is 2.39. The SMILES string of the molecule is Cc1nc(CNC(=O)/C=C/c2cccc(Cl)c2)cs1. The summed E-state index contributed by atoms with van der Waals surface area (Å²) in [4.78, 5) is 15.9. The Morgan fingerprint density at radius 1 is 1.53 bits per heavy atom. The molecule has 0 unspecified atom stereocenters. The van der Waals surface area contributed by atoms with E-state index in [1.54, 1.807) is 29.5 Å². The molecule has 19 heavy (non-hydrogen) atoms. The van der Waals surface area contributed by atoms with E-state index in [1.165, 1.54) is 6.08 Å². The molecule has 5 heteroatoms. The van der Waals surface area contributed by atoms with Crippen molar-refractivity contribution in [3.8, 4) is 0 Å². The maximum Gasteiger partial charge on any atom is 0.244 e. The summed E-state index contributed by atoms with van der Waals surface area (Å²) in [5.41, 5.74) is 1.78. The molecule has 1 heterocycles. The fraction of sp³-hybridized carbons (Fsp3) is 0.143. The standard InChI is InChI=1S/C14H13ClN2OS/c1-10-17-13(9-19-10)8-16-14(18)6-5-11-3-2-4-12(15)7-11/h2-7,9H,8H2,1H3,(H,16,18)/b6-5+. The molecule has 2 rings (SSSR count). The molecule has 1 N–H and O–H groups in total. The number of carbonyl (C=O) groups excluding carboxylic acids is 1. The molecule has 1 amide bonds. The minimum atomic E-state index is -0.148. The molecule has 0 saturated heterocycles. The largest absolute Gasteiger partial charge is 0.347 e. The van der Waals surface area contributed by atoms with E-state index in [0.29, 0.717) is 11.6 Å². The fourth-order valence-electron chi connectivity index (χ4n) is 1.51. The summed E-state index contributed by atoms with van der Waals surface area (Å²) in [6.07, 6.45) is 3.22. The summed E-state index contributed by atoms with van der Waals surface area (Å²) < 4.78 is 0. The van der Waals surface area contributed by atoms with E-state index in [9.17, 15) is 4.79 Å². The number of aromatic nitrogens is 1. The van der Waals surface area contributed by atoms with Crippen molar-refractivity contribution in [3.05, 3.63) is 57.0 Å². The van der Waals surface area contributed by atoms with E-state index < -0.39 is 0 Å². The van der Waals surface area contributed by atoms with Crippen LogP contribution < -0.4 is 5.32 Å². The van der Waals surface area contributed by atoms with Crippen LogP contribution in [0.5, 0.6) is 0 Å². The fourth-order valence-corrected chi connectivity index (χ4v) is 2.32. The first-order chi connectivity index (χ1) is 9.13. The van der Waals surface area contributed by atoms with Crippen LogP contribution in [0.1, 0.15) is 16.3 Å². The lowest BCUT2D eigenvalue weighted by Crippen LogP contribution is -2.20. The highest BCUT2D eigenvalue weighted by molar-refractivity contribution is 7.09. The van der Waals surface area contributed by atoms with Crippen LogP contribution in [0.3, 0.4) is 0 Å². The first kappa shape index (κ1) is 13.8. The molecule has 0 aliphatic carbocycles. The number of amides is 1. The number of carbonyl (C=O) groups is 1. The first-order valence-corrected chi connectivity index (χ1v) is 7.02. The second kappa shape index (κ2) is 6.50. The molecular formula is C14H13ClN2OS. The number of nitrogens with one attached hydrogen (secondary N) is 1. The molecule has 0 spiro atoms. The molecule has 0 saturated carbocycles. The maximum atomic E-state index is 11.6. The molecule has 0 radical (unpaired) electrons. The van der Waals surface area contributed by atoms with Gasteiger partial charge in [0.2, 0.25) is 5.91 Å². The van der Waals surface area contributed by atoms with Crippen molar-refractivity contribution in [1.29, 1.82) is 0 Å². The molecule has 0 atom stereocenters. The molecule has 2 aromatic rings. The van der Waals surface area contributed by atoms with Gasteiger partial charge >= 0.3 is 0 Å². The van der Waals surface area contributed by atoms with Crippen molar-refractivity contribution in [1.82, 2.24) is 10.3 Å². The van der Waals surface area contributed by atoms with Crippen LogP contribution in [-0.2, 0) is 11.3 Å². The summed E-state index contributed by atoms with van der Waals surface area (Å²) >= 11 is 7.43. The summed E-state index contributed by atoms with van der Waals surface area (Å²) in [6.45, 7) is 2.39. The Morgan fingerprint density at radius 2 is 2.37 bits per heavy atom. The Labute approximate surface area is 120 Å². The number of hydrogen-bond acceptors (Lipinski definition) is 3. The van der Waals surface area contributed by atoms with Crippen LogP contribution in [-0.4, -0.2) is 10.9 Å². The van der Waals surface area contributed by atoms with Crippen molar-refractivity contribution < 1.29 is 4.79 Å². The van der Waals surface area contributed by atoms with Crippen LogP contribution in [0.15, 0.2) is 35.7 Å². The average Bonchev–Trinajstić information content (AvgIpc) is 2.80. The third-order valence-corrected chi connectivity index (χ3v) is 3.44. The van der Waals surface area contributed by atoms with Gasteiger partial charge < -0.3 is 5.32 Å². The molecule has 0 aliphatic rings. The second-order valence-corrected chi connectivity index (χ2v) is 5.46. The summed E-state index contributed by atoms with van der Waals surface area (Å²) in [5.74, 6) is -0.148. The van der Waals surface area contributed by atoms with Gasteiger partial charge in [-0.2, -0.15) is 0 Å². The Bertz CT molecular complexity index is 607. The van der Waals surface area contributed by atoms with Crippen LogP contribution in [0.25, 0.3) is 6.08 Å². The Balaban J connectivity index is 1.87. The highest BCUT2D eigenvalue weighted by Crippen LogP contribution is 2.11. The van der Waals surface area contributed by atoms with Crippen LogP contribution in [0.4, 0.5) is 0 Å². The minimum absolute atomic E-state index is 0.148. The van der Waals surface area contributed by atoms with Crippen LogP contribution >= 0.6 is 22.9 Å². The lowest BCUT2D eigenvalue weighted by atomic mass is 10.2. The number of hydrogen-bond donors (Lipinski definition) is 1. The number of benzene rings is 1. The topological polar surface area (TPSA) is 42.0 Å². The number of nitrogens with zero attached hydrogens (tertiary/aromatic N) is 1. The van der Waals surface area contributed by atoms with Gasteiger partial charge in [-0.05, 0) is 30.7 Å². The number of thiazole rings is 1. The zero-order valence-corrected chi connectivity index (χ0v) is 12.0. The lowest BCUT2D eigenvalue weighted by Gasteiger charge is -1.98. The second-order valence-electron chi connectivity index (χ2n) is 3.96. The van der Waals surface area contributed by atoms with Crippen molar-refractivity contribution in [2.45, 2.75) is 13.5 Å². The van der Waals surface area contributed by atoms with Gasteiger partial charge in [0.1, 0.15) is 0 Å². The van der Waals surface area contributed by atoms with Gasteiger partial charge in [-0.3, -0.25) is 4.79 Å². The van der Waals surface area contributed by atoms with Gasteiger partial charge in [0.15, 0.2) is 0 Å². The van der Waals surface area contributed by atoms with Crippen molar-refractivity contribution in [2.75, 3.05) is 0 Å². The normalized spacial score (nSPS) is 10.8.